The number of carbonyl (C=O) groups excluding carboxylic acids is 2. The van der Waals surface area contributed by atoms with Gasteiger partial charge in [0.15, 0.2) is 0 Å². The number of benzene rings is 2. The monoisotopic (exact) mass is 501 g/mol. The number of nitrogens with one attached hydrogen (secondary N) is 1. The molecule has 0 aromatic heterocycles. The van der Waals surface area contributed by atoms with Crippen LogP contribution in [0.25, 0.3) is 0 Å². The molecule has 0 radical (unpaired) electrons. The highest BCUT2D eigenvalue weighted by Gasteiger charge is 2.30. The quantitative estimate of drug-likeness (QED) is 0.569. The van der Waals surface area contributed by atoms with Gasteiger partial charge in [0.1, 0.15) is 18.3 Å². The maximum Gasteiger partial charge on any atom is 0.244 e. The Balaban J connectivity index is 2.42. The highest BCUT2D eigenvalue weighted by Crippen LogP contribution is 2.27. The zero-order chi connectivity index (χ0) is 24.1. The second-order valence-electron chi connectivity index (χ2n) is 6.98. The van der Waals surface area contributed by atoms with Crippen molar-refractivity contribution in [2.24, 2.45) is 0 Å². The van der Waals surface area contributed by atoms with E-state index in [2.05, 4.69) is 5.32 Å². The Bertz CT molecular complexity index is 1060. The molecule has 0 saturated carbocycles. The molecule has 8 nitrogen and oxygen atoms in total. The number of methoxy groups -OCH3 is 1. The number of ether oxygens (including phenoxy) is 1. The lowest BCUT2D eigenvalue weighted by Gasteiger charge is -2.31. The van der Waals surface area contributed by atoms with Crippen LogP contribution in [-0.4, -0.2) is 58.1 Å². The predicted molar refractivity (Wildman–Crippen MR) is 126 cm³/mol. The Morgan fingerprint density at radius 2 is 1.66 bits per heavy atom. The standard InChI is InChI=1S/C21H25Cl2N3O5S/c1-14(21(28)24-2)25(12-17-18(22)6-5-7-19(17)23)20(27)13-26(32(4,29)30)15-8-10-16(31-3)11-9-15/h5-11,14H,12-13H2,1-4H3,(H,24,28)/t14-/m1/s1. The summed E-state index contributed by atoms with van der Waals surface area (Å²) in [6.07, 6.45) is 1.00. The number of carbonyl (C=O) groups is 2. The lowest BCUT2D eigenvalue weighted by Crippen LogP contribution is -2.50. The average Bonchev–Trinajstić information content (AvgIpc) is 2.75. The molecule has 0 heterocycles. The first kappa shape index (κ1) is 25.8. The Morgan fingerprint density at radius 3 is 2.12 bits per heavy atom. The van der Waals surface area contributed by atoms with Crippen molar-refractivity contribution in [2.45, 2.75) is 19.5 Å². The topological polar surface area (TPSA) is 96.0 Å². The van der Waals surface area contributed by atoms with Crippen LogP contribution in [0.2, 0.25) is 10.0 Å². The first-order valence-corrected chi connectivity index (χ1v) is 12.2. The molecular formula is C21H25Cl2N3O5S. The van der Waals surface area contributed by atoms with Gasteiger partial charge in [0.2, 0.25) is 21.8 Å². The van der Waals surface area contributed by atoms with Gasteiger partial charge in [-0.15, -0.1) is 0 Å². The molecule has 0 fully saturated rings. The minimum atomic E-state index is -3.81. The summed E-state index contributed by atoms with van der Waals surface area (Å²) in [5.41, 5.74) is 0.736. The number of sulfonamides is 1. The van der Waals surface area contributed by atoms with Gasteiger partial charge in [0.05, 0.1) is 19.1 Å². The second-order valence-corrected chi connectivity index (χ2v) is 9.70. The molecule has 0 unspecified atom stereocenters. The lowest BCUT2D eigenvalue weighted by molar-refractivity contribution is -0.139. The average molecular weight is 502 g/mol. The van der Waals surface area contributed by atoms with Crippen LogP contribution in [0, 0.1) is 0 Å². The number of nitrogens with zero attached hydrogens (tertiary/aromatic N) is 2. The van der Waals surface area contributed by atoms with Crippen molar-refractivity contribution in [1.29, 1.82) is 0 Å². The normalized spacial score (nSPS) is 12.1. The van der Waals surface area contributed by atoms with Crippen molar-refractivity contribution < 1.29 is 22.7 Å². The molecule has 2 rings (SSSR count). The van der Waals surface area contributed by atoms with Gasteiger partial charge in [-0.2, -0.15) is 0 Å². The van der Waals surface area contributed by atoms with Gasteiger partial charge in [0.25, 0.3) is 0 Å². The van der Waals surface area contributed by atoms with Crippen molar-refractivity contribution >= 4 is 50.7 Å². The minimum Gasteiger partial charge on any atom is -0.497 e. The fourth-order valence-electron chi connectivity index (χ4n) is 3.01. The van der Waals surface area contributed by atoms with Gasteiger partial charge in [0, 0.05) is 29.2 Å². The van der Waals surface area contributed by atoms with Crippen LogP contribution >= 0.6 is 23.2 Å². The van der Waals surface area contributed by atoms with Crippen LogP contribution < -0.4 is 14.4 Å². The largest absolute Gasteiger partial charge is 0.497 e. The summed E-state index contributed by atoms with van der Waals surface area (Å²) in [5, 5.41) is 3.15. The SMILES string of the molecule is CNC(=O)[C@@H](C)N(Cc1c(Cl)cccc1Cl)C(=O)CN(c1ccc(OC)cc1)S(C)(=O)=O. The van der Waals surface area contributed by atoms with Crippen molar-refractivity contribution in [2.75, 3.05) is 31.3 Å². The van der Waals surface area contributed by atoms with Crippen molar-refractivity contribution in [3.63, 3.8) is 0 Å². The first-order chi connectivity index (χ1) is 15.0. The number of likely N-dealkylation sites (N-methyl/N-ethyl adjacent to an activating group) is 1. The van der Waals surface area contributed by atoms with E-state index in [0.29, 0.717) is 21.4 Å². The van der Waals surface area contributed by atoms with E-state index in [1.165, 1.54) is 31.2 Å². The van der Waals surface area contributed by atoms with Crippen molar-refractivity contribution in [1.82, 2.24) is 10.2 Å². The molecular weight excluding hydrogens is 477 g/mol. The molecule has 2 amide bonds. The molecule has 0 saturated heterocycles. The van der Waals surface area contributed by atoms with Crippen LogP contribution in [0.5, 0.6) is 5.75 Å². The first-order valence-electron chi connectivity index (χ1n) is 9.55. The maximum atomic E-state index is 13.3. The van der Waals surface area contributed by atoms with E-state index in [4.69, 9.17) is 27.9 Å². The van der Waals surface area contributed by atoms with Gasteiger partial charge < -0.3 is 15.0 Å². The maximum absolute atomic E-state index is 13.3. The summed E-state index contributed by atoms with van der Waals surface area (Å²) in [4.78, 5) is 26.9. The molecule has 1 N–H and O–H groups in total. The zero-order valence-electron chi connectivity index (χ0n) is 18.1. The van der Waals surface area contributed by atoms with Crippen LogP contribution in [0.1, 0.15) is 12.5 Å². The molecule has 0 bridgehead atoms. The summed E-state index contributed by atoms with van der Waals surface area (Å²) >= 11 is 12.5. The molecule has 0 aliphatic rings. The van der Waals surface area contributed by atoms with Crippen LogP contribution in [0.15, 0.2) is 42.5 Å². The van der Waals surface area contributed by atoms with Crippen LogP contribution in [0.4, 0.5) is 5.69 Å². The molecule has 0 aliphatic heterocycles. The van der Waals surface area contributed by atoms with Gasteiger partial charge in [-0.1, -0.05) is 29.3 Å². The molecule has 32 heavy (non-hydrogen) atoms. The highest BCUT2D eigenvalue weighted by atomic mass is 35.5. The van der Waals surface area contributed by atoms with E-state index in [9.17, 15) is 18.0 Å². The molecule has 0 spiro atoms. The van der Waals surface area contributed by atoms with Crippen molar-refractivity contribution in [3.05, 3.63) is 58.1 Å². The molecule has 0 aliphatic carbocycles. The van der Waals surface area contributed by atoms with E-state index < -0.39 is 34.4 Å². The van der Waals surface area contributed by atoms with Gasteiger partial charge >= 0.3 is 0 Å². The van der Waals surface area contributed by atoms with Crippen LogP contribution in [-0.2, 0) is 26.2 Å². The van der Waals surface area contributed by atoms with E-state index in [-0.39, 0.29) is 12.2 Å². The molecule has 2 aromatic carbocycles. The fraction of sp³-hybridized carbons (Fsp3) is 0.333. The molecule has 11 heteroatoms. The minimum absolute atomic E-state index is 0.0772. The summed E-state index contributed by atoms with van der Waals surface area (Å²) in [6, 6.07) is 10.2. The Labute approximate surface area is 198 Å². The number of hydrogen-bond acceptors (Lipinski definition) is 5. The third-order valence-corrected chi connectivity index (χ3v) is 6.69. The number of amides is 2. The fourth-order valence-corrected chi connectivity index (χ4v) is 4.37. The summed E-state index contributed by atoms with van der Waals surface area (Å²) < 4.78 is 31.0. The second kappa shape index (κ2) is 10.9. The summed E-state index contributed by atoms with van der Waals surface area (Å²) in [6.45, 7) is 0.945. The predicted octanol–water partition coefficient (Wildman–Crippen LogP) is 2.93. The van der Waals surface area contributed by atoms with E-state index in [0.717, 1.165) is 10.6 Å². The summed E-state index contributed by atoms with van der Waals surface area (Å²) in [7, 11) is -0.875. The van der Waals surface area contributed by atoms with Gasteiger partial charge in [-0.3, -0.25) is 13.9 Å². The van der Waals surface area contributed by atoms with E-state index >= 15 is 0 Å². The molecule has 174 valence electrons. The number of hydrogen-bond donors (Lipinski definition) is 1. The van der Waals surface area contributed by atoms with Gasteiger partial charge in [-0.25, -0.2) is 8.42 Å². The van der Waals surface area contributed by atoms with Gasteiger partial charge in [-0.05, 0) is 43.3 Å². The molecule has 2 aromatic rings. The Hall–Kier alpha value is -2.49. The Morgan fingerprint density at radius 1 is 1.09 bits per heavy atom. The third kappa shape index (κ3) is 6.27. The number of rotatable bonds is 9. The summed E-state index contributed by atoms with van der Waals surface area (Å²) in [5.74, 6) is -0.480. The highest BCUT2D eigenvalue weighted by molar-refractivity contribution is 7.92. The van der Waals surface area contributed by atoms with E-state index in [1.807, 2.05) is 0 Å². The zero-order valence-corrected chi connectivity index (χ0v) is 20.5. The van der Waals surface area contributed by atoms with Crippen LogP contribution in [0.3, 0.4) is 0 Å². The van der Waals surface area contributed by atoms with E-state index in [1.54, 1.807) is 37.3 Å². The smallest absolute Gasteiger partial charge is 0.244 e. The lowest BCUT2D eigenvalue weighted by atomic mass is 10.1. The van der Waals surface area contributed by atoms with Crippen molar-refractivity contribution in [3.8, 4) is 5.75 Å². The third-order valence-electron chi connectivity index (χ3n) is 4.84. The Kier molecular flexibility index (Phi) is 8.77. The molecule has 1 atom stereocenters. The number of anilines is 1. The number of halogens is 2.